The summed E-state index contributed by atoms with van der Waals surface area (Å²) in [5.74, 6) is 0.360. The molecule has 0 unspecified atom stereocenters. The van der Waals surface area contributed by atoms with E-state index >= 15 is 0 Å². The van der Waals surface area contributed by atoms with Crippen molar-refractivity contribution in [2.45, 2.75) is 18.9 Å². The zero-order valence-corrected chi connectivity index (χ0v) is 9.89. The van der Waals surface area contributed by atoms with Crippen LogP contribution in [0.15, 0.2) is 24.3 Å². The summed E-state index contributed by atoms with van der Waals surface area (Å²) >= 11 is 0. The SMILES string of the molecule is O=C(CN1C(=O)COc2ccccc21)NC1CC1. The fraction of sp³-hybridized carbons (Fsp3) is 0.385. The molecule has 1 aromatic rings. The average Bonchev–Trinajstić information content (AvgIpc) is 3.17. The van der Waals surface area contributed by atoms with Gasteiger partial charge in [0.25, 0.3) is 5.91 Å². The standard InChI is InChI=1S/C13H14N2O3/c16-12(14-9-5-6-9)7-15-10-3-1-2-4-11(10)18-8-13(15)17/h1-4,9H,5-8H2,(H,14,16). The number of hydrogen-bond acceptors (Lipinski definition) is 3. The van der Waals surface area contributed by atoms with Gasteiger partial charge in [-0.3, -0.25) is 14.5 Å². The first kappa shape index (κ1) is 11.1. The number of anilines is 1. The number of ether oxygens (including phenoxy) is 1. The van der Waals surface area contributed by atoms with E-state index < -0.39 is 0 Å². The average molecular weight is 246 g/mol. The maximum atomic E-state index is 11.8. The number of nitrogens with one attached hydrogen (secondary N) is 1. The quantitative estimate of drug-likeness (QED) is 0.853. The Bertz CT molecular complexity index is 497. The van der Waals surface area contributed by atoms with Gasteiger partial charge in [-0.2, -0.15) is 0 Å². The second-order valence-electron chi connectivity index (χ2n) is 4.58. The third-order valence-electron chi connectivity index (χ3n) is 3.05. The maximum absolute atomic E-state index is 11.8. The van der Waals surface area contributed by atoms with Crippen LogP contribution in [0.25, 0.3) is 0 Å². The molecule has 1 aliphatic heterocycles. The van der Waals surface area contributed by atoms with Gasteiger partial charge in [0.15, 0.2) is 6.61 Å². The van der Waals surface area contributed by atoms with Gasteiger partial charge in [0.05, 0.1) is 5.69 Å². The highest BCUT2D eigenvalue weighted by atomic mass is 16.5. The number of fused-ring (bicyclic) bond motifs is 1. The van der Waals surface area contributed by atoms with Crippen LogP contribution in [0.5, 0.6) is 5.75 Å². The Hall–Kier alpha value is -2.04. The van der Waals surface area contributed by atoms with E-state index in [4.69, 9.17) is 4.74 Å². The van der Waals surface area contributed by atoms with Crippen molar-refractivity contribution in [1.82, 2.24) is 5.32 Å². The van der Waals surface area contributed by atoms with Crippen molar-refractivity contribution >= 4 is 17.5 Å². The summed E-state index contributed by atoms with van der Waals surface area (Å²) in [7, 11) is 0. The highest BCUT2D eigenvalue weighted by molar-refractivity contribution is 6.02. The van der Waals surface area contributed by atoms with Crippen LogP contribution in [0.3, 0.4) is 0 Å². The van der Waals surface area contributed by atoms with Crippen molar-refractivity contribution in [3.63, 3.8) is 0 Å². The van der Waals surface area contributed by atoms with Gasteiger partial charge in [-0.15, -0.1) is 0 Å². The van der Waals surface area contributed by atoms with Crippen LogP contribution in [0, 0.1) is 0 Å². The minimum Gasteiger partial charge on any atom is -0.482 e. The summed E-state index contributed by atoms with van der Waals surface area (Å²) in [5.41, 5.74) is 0.666. The molecule has 1 N–H and O–H groups in total. The number of para-hydroxylation sites is 2. The van der Waals surface area contributed by atoms with Crippen molar-refractivity contribution in [3.05, 3.63) is 24.3 Å². The number of nitrogens with zero attached hydrogens (tertiary/aromatic N) is 1. The topological polar surface area (TPSA) is 58.6 Å². The summed E-state index contributed by atoms with van der Waals surface area (Å²) in [5, 5.41) is 2.88. The second-order valence-corrected chi connectivity index (χ2v) is 4.58. The van der Waals surface area contributed by atoms with Crippen LogP contribution in [0.2, 0.25) is 0 Å². The van der Waals surface area contributed by atoms with E-state index in [1.807, 2.05) is 12.1 Å². The summed E-state index contributed by atoms with van der Waals surface area (Å²) in [6, 6.07) is 7.57. The van der Waals surface area contributed by atoms with Crippen molar-refractivity contribution in [3.8, 4) is 5.75 Å². The Morgan fingerprint density at radius 3 is 2.94 bits per heavy atom. The molecule has 2 aliphatic rings. The molecule has 0 atom stereocenters. The molecule has 5 nitrogen and oxygen atoms in total. The van der Waals surface area contributed by atoms with E-state index in [1.165, 1.54) is 4.90 Å². The maximum Gasteiger partial charge on any atom is 0.265 e. The second kappa shape index (κ2) is 4.33. The fourth-order valence-corrected chi connectivity index (χ4v) is 1.97. The number of amides is 2. The van der Waals surface area contributed by atoms with E-state index in [2.05, 4.69) is 5.32 Å². The summed E-state index contributed by atoms with van der Waals surface area (Å²) < 4.78 is 5.32. The van der Waals surface area contributed by atoms with Gasteiger partial charge < -0.3 is 10.1 Å². The first-order valence-corrected chi connectivity index (χ1v) is 6.05. The van der Waals surface area contributed by atoms with Crippen LogP contribution in [-0.4, -0.2) is 31.0 Å². The minimum atomic E-state index is -0.181. The molecule has 0 radical (unpaired) electrons. The van der Waals surface area contributed by atoms with Crippen LogP contribution >= 0.6 is 0 Å². The third-order valence-corrected chi connectivity index (χ3v) is 3.05. The molecule has 5 heteroatoms. The molecule has 0 saturated heterocycles. The Balaban J connectivity index is 1.77. The molecule has 18 heavy (non-hydrogen) atoms. The number of rotatable bonds is 3. The molecule has 0 aromatic heterocycles. The van der Waals surface area contributed by atoms with Crippen LogP contribution < -0.4 is 15.0 Å². The van der Waals surface area contributed by atoms with Crippen molar-refractivity contribution < 1.29 is 14.3 Å². The van der Waals surface area contributed by atoms with E-state index in [9.17, 15) is 9.59 Å². The summed E-state index contributed by atoms with van der Waals surface area (Å²) in [6.07, 6.45) is 2.08. The molecule has 1 saturated carbocycles. The monoisotopic (exact) mass is 246 g/mol. The van der Waals surface area contributed by atoms with Gasteiger partial charge in [-0.05, 0) is 25.0 Å². The fourth-order valence-electron chi connectivity index (χ4n) is 1.97. The highest BCUT2D eigenvalue weighted by Gasteiger charge is 2.29. The zero-order chi connectivity index (χ0) is 12.5. The van der Waals surface area contributed by atoms with Crippen molar-refractivity contribution in [2.75, 3.05) is 18.1 Å². The lowest BCUT2D eigenvalue weighted by Crippen LogP contribution is -2.45. The van der Waals surface area contributed by atoms with Gasteiger partial charge in [0.1, 0.15) is 12.3 Å². The number of carbonyl (C=O) groups excluding carboxylic acids is 2. The first-order chi connectivity index (χ1) is 8.74. The molecule has 1 aromatic carbocycles. The Morgan fingerprint density at radius 1 is 1.39 bits per heavy atom. The lowest BCUT2D eigenvalue weighted by Gasteiger charge is -2.28. The van der Waals surface area contributed by atoms with E-state index in [0.29, 0.717) is 17.5 Å². The molecular formula is C13H14N2O3. The largest absolute Gasteiger partial charge is 0.482 e. The normalized spacial score (nSPS) is 18.0. The third kappa shape index (κ3) is 2.16. The van der Waals surface area contributed by atoms with Gasteiger partial charge >= 0.3 is 0 Å². The van der Waals surface area contributed by atoms with Crippen molar-refractivity contribution in [2.24, 2.45) is 0 Å². The molecule has 94 valence electrons. The Kier molecular flexibility index (Phi) is 2.66. The lowest BCUT2D eigenvalue weighted by molar-refractivity contribution is -0.125. The zero-order valence-electron chi connectivity index (χ0n) is 9.89. The van der Waals surface area contributed by atoms with E-state index in [-0.39, 0.29) is 25.0 Å². The molecule has 2 amide bonds. The van der Waals surface area contributed by atoms with Crippen LogP contribution in [0.4, 0.5) is 5.69 Å². The van der Waals surface area contributed by atoms with Gasteiger partial charge in [-0.1, -0.05) is 12.1 Å². The molecule has 0 bridgehead atoms. The molecule has 0 spiro atoms. The molecular weight excluding hydrogens is 232 g/mol. The number of hydrogen-bond donors (Lipinski definition) is 1. The van der Waals surface area contributed by atoms with Gasteiger partial charge in [0.2, 0.25) is 5.91 Å². The molecule has 1 fully saturated rings. The van der Waals surface area contributed by atoms with E-state index in [1.54, 1.807) is 12.1 Å². The van der Waals surface area contributed by atoms with Crippen molar-refractivity contribution in [1.29, 1.82) is 0 Å². The Labute approximate surface area is 105 Å². The summed E-state index contributed by atoms with van der Waals surface area (Å²) in [6.45, 7) is 0.0590. The first-order valence-electron chi connectivity index (χ1n) is 6.05. The lowest BCUT2D eigenvalue weighted by atomic mass is 10.2. The predicted octanol–water partition coefficient (Wildman–Crippen LogP) is 0.691. The minimum absolute atomic E-state index is 0.00623. The number of benzene rings is 1. The smallest absolute Gasteiger partial charge is 0.265 e. The van der Waals surface area contributed by atoms with E-state index in [0.717, 1.165) is 12.8 Å². The predicted molar refractivity (Wildman–Crippen MR) is 65.5 cm³/mol. The Morgan fingerprint density at radius 2 is 2.17 bits per heavy atom. The summed E-state index contributed by atoms with van der Waals surface area (Å²) in [4.78, 5) is 25.1. The number of carbonyl (C=O) groups is 2. The molecule has 1 heterocycles. The van der Waals surface area contributed by atoms with Crippen LogP contribution in [0.1, 0.15) is 12.8 Å². The van der Waals surface area contributed by atoms with Gasteiger partial charge in [-0.25, -0.2) is 0 Å². The molecule has 3 rings (SSSR count). The van der Waals surface area contributed by atoms with Gasteiger partial charge in [0, 0.05) is 6.04 Å². The highest BCUT2D eigenvalue weighted by Crippen LogP contribution is 2.31. The van der Waals surface area contributed by atoms with Crippen LogP contribution in [-0.2, 0) is 9.59 Å². The molecule has 1 aliphatic carbocycles.